The average Bonchev–Trinajstić information content (AvgIpc) is 2.74. The average molecular weight is 515 g/mol. The van der Waals surface area contributed by atoms with E-state index in [2.05, 4.69) is 4.74 Å². The Morgan fingerprint density at radius 1 is 1.03 bits per heavy atom. The molecule has 0 bridgehead atoms. The summed E-state index contributed by atoms with van der Waals surface area (Å²) in [5, 5.41) is 9.15. The molecule has 13 heteroatoms. The van der Waals surface area contributed by atoms with E-state index in [9.17, 15) is 31.5 Å². The van der Waals surface area contributed by atoms with E-state index in [1.54, 1.807) is 45.0 Å². The SMILES string of the molecule is CCOC(Cc1ccc(OCCN(CCCOC(F)(F)C(F)(F)F)C(=O)OC(C)C)cc1)C(=O)O. The summed E-state index contributed by atoms with van der Waals surface area (Å²) in [5.74, 6) is -0.657. The molecular weight excluding hydrogens is 485 g/mol. The molecule has 1 amide bonds. The highest BCUT2D eigenvalue weighted by atomic mass is 19.4. The molecule has 0 aliphatic carbocycles. The lowest BCUT2D eigenvalue weighted by atomic mass is 10.1. The van der Waals surface area contributed by atoms with Gasteiger partial charge in [0.25, 0.3) is 0 Å². The van der Waals surface area contributed by atoms with Crippen molar-refractivity contribution in [3.05, 3.63) is 29.8 Å². The lowest BCUT2D eigenvalue weighted by molar-refractivity contribution is -0.391. The third kappa shape index (κ3) is 11.1. The Bertz CT molecular complexity index is 787. The van der Waals surface area contributed by atoms with Gasteiger partial charge in [0.05, 0.1) is 19.3 Å². The van der Waals surface area contributed by atoms with Gasteiger partial charge in [-0.05, 0) is 44.9 Å². The number of carboxylic acid groups (broad SMARTS) is 1. The zero-order chi connectivity index (χ0) is 26.6. The fourth-order valence-corrected chi connectivity index (χ4v) is 2.74. The second kappa shape index (κ2) is 14.0. The minimum absolute atomic E-state index is 0.0250. The van der Waals surface area contributed by atoms with Crippen LogP contribution < -0.4 is 4.74 Å². The third-order valence-electron chi connectivity index (χ3n) is 4.40. The number of carboxylic acids is 1. The summed E-state index contributed by atoms with van der Waals surface area (Å²) in [6.45, 7) is 3.96. The van der Waals surface area contributed by atoms with E-state index >= 15 is 0 Å². The predicted molar refractivity (Wildman–Crippen MR) is 113 cm³/mol. The van der Waals surface area contributed by atoms with Gasteiger partial charge in [-0.3, -0.25) is 0 Å². The molecule has 0 aromatic heterocycles. The number of benzene rings is 1. The molecule has 0 saturated carbocycles. The van der Waals surface area contributed by atoms with Crippen LogP contribution in [0.4, 0.5) is 26.7 Å². The number of hydrogen-bond acceptors (Lipinski definition) is 6. The van der Waals surface area contributed by atoms with Crippen LogP contribution in [0.15, 0.2) is 24.3 Å². The molecule has 0 aliphatic heterocycles. The molecule has 8 nitrogen and oxygen atoms in total. The molecule has 0 heterocycles. The summed E-state index contributed by atoms with van der Waals surface area (Å²) in [7, 11) is 0. The summed E-state index contributed by atoms with van der Waals surface area (Å²) in [6.07, 6.45) is -13.5. The number of carbonyl (C=O) groups excluding carboxylic acids is 1. The molecule has 1 aromatic carbocycles. The van der Waals surface area contributed by atoms with Gasteiger partial charge in [-0.15, -0.1) is 0 Å². The molecule has 0 fully saturated rings. The molecule has 0 radical (unpaired) electrons. The van der Waals surface area contributed by atoms with Gasteiger partial charge in [-0.25, -0.2) is 9.59 Å². The number of halogens is 5. The van der Waals surface area contributed by atoms with Crippen molar-refractivity contribution in [2.45, 2.75) is 58.1 Å². The van der Waals surface area contributed by atoms with Gasteiger partial charge in [0.15, 0.2) is 6.10 Å². The molecule has 1 N–H and O–H groups in total. The lowest BCUT2D eigenvalue weighted by Gasteiger charge is -2.24. The molecule has 0 spiro atoms. The van der Waals surface area contributed by atoms with Gasteiger partial charge in [-0.1, -0.05) is 12.1 Å². The lowest BCUT2D eigenvalue weighted by Crippen LogP contribution is -2.40. The van der Waals surface area contributed by atoms with Crippen LogP contribution in [0.1, 0.15) is 32.8 Å². The van der Waals surface area contributed by atoms with E-state index in [1.165, 1.54) is 0 Å². The zero-order valence-electron chi connectivity index (χ0n) is 19.6. The number of amides is 1. The quantitative estimate of drug-likeness (QED) is 0.271. The van der Waals surface area contributed by atoms with Gasteiger partial charge < -0.3 is 29.0 Å². The van der Waals surface area contributed by atoms with E-state index in [1.807, 2.05) is 0 Å². The van der Waals surface area contributed by atoms with Crippen molar-refractivity contribution in [3.63, 3.8) is 0 Å². The summed E-state index contributed by atoms with van der Waals surface area (Å²) in [4.78, 5) is 24.5. The second-order valence-electron chi connectivity index (χ2n) is 7.61. The highest BCUT2D eigenvalue weighted by molar-refractivity contribution is 5.72. The fourth-order valence-electron chi connectivity index (χ4n) is 2.74. The maximum absolute atomic E-state index is 12.8. The number of aliphatic carboxylic acids is 1. The van der Waals surface area contributed by atoms with E-state index in [4.69, 9.17) is 19.3 Å². The monoisotopic (exact) mass is 515 g/mol. The van der Waals surface area contributed by atoms with Crippen molar-refractivity contribution in [1.29, 1.82) is 0 Å². The Kier molecular flexibility index (Phi) is 12.2. The molecule has 1 atom stereocenters. The van der Waals surface area contributed by atoms with Gasteiger partial charge in [0.2, 0.25) is 0 Å². The van der Waals surface area contributed by atoms with E-state index in [-0.39, 0.29) is 39.1 Å². The Morgan fingerprint density at radius 3 is 2.17 bits per heavy atom. The molecule has 35 heavy (non-hydrogen) atoms. The van der Waals surface area contributed by atoms with Crippen LogP contribution in [0.3, 0.4) is 0 Å². The van der Waals surface area contributed by atoms with Gasteiger partial charge in [0.1, 0.15) is 12.4 Å². The number of alkyl halides is 5. The summed E-state index contributed by atoms with van der Waals surface area (Å²) in [5.41, 5.74) is 0.705. The number of rotatable bonds is 15. The molecular formula is C22H30F5NO7. The smallest absolute Gasteiger partial charge is 0.482 e. The summed E-state index contributed by atoms with van der Waals surface area (Å²) in [6, 6.07) is 6.52. The van der Waals surface area contributed by atoms with Gasteiger partial charge in [-0.2, -0.15) is 22.0 Å². The first-order valence-corrected chi connectivity index (χ1v) is 10.9. The number of nitrogens with zero attached hydrogens (tertiary/aromatic N) is 1. The fraction of sp³-hybridized carbons (Fsp3) is 0.636. The maximum atomic E-state index is 12.8. The topological polar surface area (TPSA) is 94.5 Å². The molecule has 200 valence electrons. The highest BCUT2D eigenvalue weighted by Crippen LogP contribution is 2.36. The summed E-state index contributed by atoms with van der Waals surface area (Å²) < 4.78 is 81.6. The molecule has 1 rings (SSSR count). The normalized spacial score (nSPS) is 12.9. The van der Waals surface area contributed by atoms with E-state index in [0.29, 0.717) is 11.3 Å². The Hall–Kier alpha value is -2.67. The van der Waals surface area contributed by atoms with Crippen molar-refractivity contribution in [2.75, 3.05) is 32.9 Å². The predicted octanol–water partition coefficient (Wildman–Crippen LogP) is 4.51. The Labute approximate surface area is 199 Å². The largest absolute Gasteiger partial charge is 0.492 e. The highest BCUT2D eigenvalue weighted by Gasteiger charge is 2.59. The molecule has 1 unspecified atom stereocenters. The number of carbonyl (C=O) groups is 2. The van der Waals surface area contributed by atoms with Crippen LogP contribution in [0.2, 0.25) is 0 Å². The molecule has 0 saturated heterocycles. The van der Waals surface area contributed by atoms with Crippen molar-refractivity contribution in [3.8, 4) is 5.75 Å². The molecule has 0 aliphatic rings. The van der Waals surface area contributed by atoms with Crippen LogP contribution in [0.25, 0.3) is 0 Å². The number of ether oxygens (including phenoxy) is 4. The molecule has 1 aromatic rings. The zero-order valence-corrected chi connectivity index (χ0v) is 19.6. The van der Waals surface area contributed by atoms with Crippen LogP contribution in [0.5, 0.6) is 5.75 Å². The van der Waals surface area contributed by atoms with Crippen LogP contribution >= 0.6 is 0 Å². The summed E-state index contributed by atoms with van der Waals surface area (Å²) >= 11 is 0. The van der Waals surface area contributed by atoms with Crippen LogP contribution in [-0.4, -0.2) is 79.5 Å². The van der Waals surface area contributed by atoms with Gasteiger partial charge >= 0.3 is 24.3 Å². The third-order valence-corrected chi connectivity index (χ3v) is 4.40. The number of hydrogen-bond donors (Lipinski definition) is 1. The van der Waals surface area contributed by atoms with Gasteiger partial charge in [0, 0.05) is 19.6 Å². The van der Waals surface area contributed by atoms with E-state index in [0.717, 1.165) is 4.90 Å². The van der Waals surface area contributed by atoms with Crippen molar-refractivity contribution in [2.24, 2.45) is 0 Å². The second-order valence-corrected chi connectivity index (χ2v) is 7.61. The Morgan fingerprint density at radius 2 is 1.66 bits per heavy atom. The minimum Gasteiger partial charge on any atom is -0.492 e. The first kappa shape index (κ1) is 30.4. The first-order chi connectivity index (χ1) is 16.3. The standard InChI is InChI=1S/C22H30F5NO7/c1-4-32-18(19(29)30)14-16-6-8-17(9-7-16)33-13-11-28(20(31)35-15(2)3)10-5-12-34-22(26,27)21(23,24)25/h6-9,15,18H,4-5,10-14H2,1-3H3,(H,29,30). The van der Waals surface area contributed by atoms with Crippen molar-refractivity contribution >= 4 is 12.1 Å². The maximum Gasteiger partial charge on any atom is 0.482 e. The van der Waals surface area contributed by atoms with Crippen LogP contribution in [-0.2, 0) is 25.4 Å². The van der Waals surface area contributed by atoms with Crippen LogP contribution in [0, 0.1) is 0 Å². The van der Waals surface area contributed by atoms with Crippen molar-refractivity contribution in [1.82, 2.24) is 4.90 Å². The van der Waals surface area contributed by atoms with E-state index < -0.39 is 43.2 Å². The first-order valence-electron chi connectivity index (χ1n) is 10.9. The minimum atomic E-state index is -5.83. The Balaban J connectivity index is 2.61. The van der Waals surface area contributed by atoms with Crippen molar-refractivity contribution < 1.29 is 55.6 Å².